The molecule has 0 spiro atoms. The summed E-state index contributed by atoms with van der Waals surface area (Å²) in [6.07, 6.45) is 1.87. The normalized spacial score (nSPS) is 16.0. The number of likely N-dealkylation sites (tertiary alicyclic amines) is 1. The van der Waals surface area contributed by atoms with Gasteiger partial charge in [0.1, 0.15) is 12.2 Å². The molecule has 5 rings (SSSR count). The van der Waals surface area contributed by atoms with Crippen LogP contribution in [0.1, 0.15) is 24.7 Å². The van der Waals surface area contributed by atoms with Gasteiger partial charge in [-0.15, -0.1) is 5.10 Å². The van der Waals surface area contributed by atoms with Gasteiger partial charge in [-0.1, -0.05) is 30.3 Å². The third kappa shape index (κ3) is 3.25. The van der Waals surface area contributed by atoms with Gasteiger partial charge in [0.05, 0.1) is 0 Å². The zero-order valence-corrected chi connectivity index (χ0v) is 15.3. The quantitative estimate of drug-likeness (QED) is 0.543. The van der Waals surface area contributed by atoms with Gasteiger partial charge in [0.25, 0.3) is 0 Å². The molecule has 28 heavy (non-hydrogen) atoms. The molecule has 1 saturated heterocycles. The molecule has 0 atom stereocenters. The van der Waals surface area contributed by atoms with E-state index in [1.165, 1.54) is 4.68 Å². The van der Waals surface area contributed by atoms with Crippen LogP contribution in [0.5, 0.6) is 0 Å². The molecule has 142 valence electrons. The van der Waals surface area contributed by atoms with Crippen LogP contribution in [0.15, 0.2) is 68.2 Å². The fraction of sp³-hybridized carbons (Fsp3) is 0.286. The Morgan fingerprint density at radius 3 is 2.50 bits per heavy atom. The number of para-hydroxylation sites is 2. The summed E-state index contributed by atoms with van der Waals surface area (Å²) in [6, 6.07) is 17.3. The van der Waals surface area contributed by atoms with Crippen molar-refractivity contribution >= 4 is 11.1 Å². The van der Waals surface area contributed by atoms with Crippen molar-refractivity contribution in [1.29, 1.82) is 0 Å². The number of aromatic nitrogens is 3. The van der Waals surface area contributed by atoms with Gasteiger partial charge in [-0.3, -0.25) is 4.90 Å². The highest BCUT2D eigenvalue weighted by molar-refractivity contribution is 5.72. The number of hydrogen-bond donors (Lipinski definition) is 0. The predicted octanol–water partition coefficient (Wildman–Crippen LogP) is 3.48. The molecular formula is C21H20N4O3. The highest BCUT2D eigenvalue weighted by Gasteiger charge is 2.25. The number of rotatable bonds is 4. The van der Waals surface area contributed by atoms with Crippen LogP contribution < -0.4 is 5.76 Å². The van der Waals surface area contributed by atoms with E-state index in [0.717, 1.165) is 48.5 Å². The van der Waals surface area contributed by atoms with E-state index >= 15 is 0 Å². The maximum Gasteiger partial charge on any atom is 0.438 e. The van der Waals surface area contributed by atoms with Crippen LogP contribution in [0.3, 0.4) is 0 Å². The van der Waals surface area contributed by atoms with Crippen molar-refractivity contribution in [3.63, 3.8) is 0 Å². The monoisotopic (exact) mass is 376 g/mol. The van der Waals surface area contributed by atoms with Crippen molar-refractivity contribution < 1.29 is 8.83 Å². The second-order valence-electron chi connectivity index (χ2n) is 7.09. The van der Waals surface area contributed by atoms with Gasteiger partial charge in [0.15, 0.2) is 11.5 Å². The average molecular weight is 376 g/mol. The molecule has 7 heteroatoms. The number of piperidine rings is 1. The van der Waals surface area contributed by atoms with Crippen LogP contribution in [0, 0.1) is 0 Å². The molecule has 0 aliphatic carbocycles. The van der Waals surface area contributed by atoms with E-state index in [1.54, 1.807) is 0 Å². The first-order valence-corrected chi connectivity index (χ1v) is 9.47. The minimum atomic E-state index is -0.431. The summed E-state index contributed by atoms with van der Waals surface area (Å²) in [4.78, 5) is 19.0. The van der Waals surface area contributed by atoms with Crippen molar-refractivity contribution in [3.8, 4) is 11.5 Å². The van der Waals surface area contributed by atoms with Gasteiger partial charge in [-0.2, -0.15) is 4.68 Å². The van der Waals surface area contributed by atoms with Crippen molar-refractivity contribution in [1.82, 2.24) is 19.7 Å². The van der Waals surface area contributed by atoms with Gasteiger partial charge >= 0.3 is 5.76 Å². The molecule has 1 aliphatic rings. The van der Waals surface area contributed by atoms with E-state index < -0.39 is 5.76 Å². The fourth-order valence-electron chi connectivity index (χ4n) is 3.67. The first kappa shape index (κ1) is 16.9. The Morgan fingerprint density at radius 2 is 1.71 bits per heavy atom. The Morgan fingerprint density at radius 1 is 0.964 bits per heavy atom. The van der Waals surface area contributed by atoms with Crippen LogP contribution in [0.4, 0.5) is 0 Å². The first-order chi connectivity index (χ1) is 13.8. The van der Waals surface area contributed by atoms with Crippen LogP contribution in [-0.4, -0.2) is 32.8 Å². The molecule has 2 aromatic heterocycles. The van der Waals surface area contributed by atoms with Crippen LogP contribution in [0.2, 0.25) is 0 Å². The zero-order chi connectivity index (χ0) is 18.9. The SMILES string of the molecule is O=c1oc(-c2ccccc2)nn1CN1CCC(c2nc3ccccc3o2)CC1. The van der Waals surface area contributed by atoms with Crippen LogP contribution in [-0.2, 0) is 6.67 Å². The zero-order valence-electron chi connectivity index (χ0n) is 15.3. The summed E-state index contributed by atoms with van der Waals surface area (Å²) < 4.78 is 12.6. The number of benzene rings is 2. The van der Waals surface area contributed by atoms with E-state index in [2.05, 4.69) is 15.0 Å². The number of nitrogens with zero attached hydrogens (tertiary/aromatic N) is 4. The molecule has 4 aromatic rings. The summed E-state index contributed by atoms with van der Waals surface area (Å²) >= 11 is 0. The molecule has 0 bridgehead atoms. The summed E-state index contributed by atoms with van der Waals surface area (Å²) in [7, 11) is 0. The minimum absolute atomic E-state index is 0.303. The van der Waals surface area contributed by atoms with E-state index in [9.17, 15) is 4.79 Å². The minimum Gasteiger partial charge on any atom is -0.440 e. The highest BCUT2D eigenvalue weighted by Crippen LogP contribution is 2.30. The van der Waals surface area contributed by atoms with Gasteiger partial charge in [-0.05, 0) is 37.1 Å². The lowest BCUT2D eigenvalue weighted by molar-refractivity contribution is 0.150. The van der Waals surface area contributed by atoms with E-state index in [-0.39, 0.29) is 0 Å². The molecule has 0 amide bonds. The molecule has 2 aromatic carbocycles. The maximum atomic E-state index is 12.2. The van der Waals surface area contributed by atoms with Crippen molar-refractivity contribution in [2.75, 3.05) is 13.1 Å². The molecule has 0 saturated carbocycles. The molecule has 0 radical (unpaired) electrons. The lowest BCUT2D eigenvalue weighted by atomic mass is 9.97. The van der Waals surface area contributed by atoms with Gasteiger partial charge < -0.3 is 8.83 Å². The Hall–Kier alpha value is -3.19. The van der Waals surface area contributed by atoms with Gasteiger partial charge in [0, 0.05) is 24.6 Å². The summed E-state index contributed by atoms with van der Waals surface area (Å²) in [5.41, 5.74) is 2.54. The van der Waals surface area contributed by atoms with Crippen LogP contribution in [0.25, 0.3) is 22.6 Å². The first-order valence-electron chi connectivity index (χ1n) is 9.47. The van der Waals surface area contributed by atoms with Crippen molar-refractivity contribution in [2.45, 2.75) is 25.4 Å². The largest absolute Gasteiger partial charge is 0.440 e. The number of fused-ring (bicyclic) bond motifs is 1. The summed E-state index contributed by atoms with van der Waals surface area (Å²) in [5, 5.41) is 4.35. The van der Waals surface area contributed by atoms with Crippen molar-refractivity contribution in [3.05, 3.63) is 71.0 Å². The molecule has 0 unspecified atom stereocenters. The van der Waals surface area contributed by atoms with E-state index in [4.69, 9.17) is 8.83 Å². The van der Waals surface area contributed by atoms with Gasteiger partial charge in [0.2, 0.25) is 5.89 Å². The second kappa shape index (κ2) is 7.09. The van der Waals surface area contributed by atoms with Gasteiger partial charge in [-0.25, -0.2) is 9.78 Å². The van der Waals surface area contributed by atoms with Crippen LogP contribution >= 0.6 is 0 Å². The third-order valence-corrected chi connectivity index (χ3v) is 5.21. The maximum absolute atomic E-state index is 12.2. The summed E-state index contributed by atoms with van der Waals surface area (Å²) in [5.74, 6) is 1.04. The van der Waals surface area contributed by atoms with E-state index in [1.807, 2.05) is 54.6 Å². The topological polar surface area (TPSA) is 77.3 Å². The number of hydrogen-bond acceptors (Lipinski definition) is 6. The predicted molar refractivity (Wildman–Crippen MR) is 104 cm³/mol. The second-order valence-corrected chi connectivity index (χ2v) is 7.09. The molecule has 1 fully saturated rings. The molecule has 0 N–H and O–H groups in total. The molecule has 1 aliphatic heterocycles. The lowest BCUT2D eigenvalue weighted by Gasteiger charge is -2.29. The third-order valence-electron chi connectivity index (χ3n) is 5.21. The Bertz CT molecular complexity index is 1100. The molecule has 7 nitrogen and oxygen atoms in total. The fourth-order valence-corrected chi connectivity index (χ4v) is 3.67. The molecule has 3 heterocycles. The Labute approximate surface area is 161 Å². The average Bonchev–Trinajstić information content (AvgIpc) is 3.33. The lowest BCUT2D eigenvalue weighted by Crippen LogP contribution is -2.37. The van der Waals surface area contributed by atoms with Crippen molar-refractivity contribution in [2.24, 2.45) is 0 Å². The standard InChI is InChI=1S/C21H20N4O3/c26-21-25(23-20(28-21)15-6-2-1-3-7-15)14-24-12-10-16(11-13-24)19-22-17-8-4-5-9-18(17)27-19/h1-9,16H,10-14H2. The smallest absolute Gasteiger partial charge is 0.438 e. The summed E-state index contributed by atoms with van der Waals surface area (Å²) in [6.45, 7) is 2.13. The highest BCUT2D eigenvalue weighted by atomic mass is 16.4. The molecular weight excluding hydrogens is 356 g/mol. The van der Waals surface area contributed by atoms with E-state index in [0.29, 0.717) is 18.5 Å². The number of oxazole rings is 1. The Kier molecular flexibility index (Phi) is 4.29. The Balaban J connectivity index is 1.25.